The summed E-state index contributed by atoms with van der Waals surface area (Å²) in [5.41, 5.74) is 0.0940. The molecule has 4 heteroatoms. The molecule has 2 rings (SSSR count). The number of hydrogen-bond donors (Lipinski definition) is 1. The lowest BCUT2D eigenvalue weighted by atomic mass is 9.68. The molecule has 0 aromatic heterocycles. The van der Waals surface area contributed by atoms with Crippen LogP contribution in [-0.2, 0) is 0 Å². The van der Waals surface area contributed by atoms with Crippen molar-refractivity contribution in [2.75, 3.05) is 0 Å². The Morgan fingerprint density at radius 3 is 2.00 bits per heavy atom. The molecule has 0 bridgehead atoms. The number of hydrogen-bond acceptors (Lipinski definition) is 1. The normalized spacial score (nSPS) is 24.9. The van der Waals surface area contributed by atoms with Gasteiger partial charge in [0.05, 0.1) is 6.10 Å². The lowest BCUT2D eigenvalue weighted by molar-refractivity contribution is 0.0503. The second-order valence-corrected chi connectivity index (χ2v) is 7.21. The van der Waals surface area contributed by atoms with E-state index >= 15 is 0 Å². The SMILES string of the molecule is CC(C)(C)C1CCC(C(O)c2cc(F)c(F)cc2F)CC1. The van der Waals surface area contributed by atoms with E-state index in [-0.39, 0.29) is 16.9 Å². The van der Waals surface area contributed by atoms with E-state index < -0.39 is 23.6 Å². The molecule has 1 saturated carbocycles. The molecular weight excluding hydrogens is 277 g/mol. The molecule has 0 spiro atoms. The molecule has 0 heterocycles. The van der Waals surface area contributed by atoms with Crippen LogP contribution in [0.1, 0.15) is 58.1 Å². The van der Waals surface area contributed by atoms with Crippen molar-refractivity contribution in [1.82, 2.24) is 0 Å². The molecule has 1 N–H and O–H groups in total. The Balaban J connectivity index is 2.09. The number of halogens is 3. The average Bonchev–Trinajstić information content (AvgIpc) is 2.41. The van der Waals surface area contributed by atoms with Crippen LogP contribution < -0.4 is 0 Å². The molecule has 1 aliphatic carbocycles. The maximum atomic E-state index is 13.7. The highest BCUT2D eigenvalue weighted by Gasteiger charge is 2.33. The summed E-state index contributed by atoms with van der Waals surface area (Å²) in [5.74, 6) is -2.73. The standard InChI is InChI=1S/C17H23F3O/c1-17(2,3)11-6-4-10(5-7-11)16(21)12-8-14(19)15(20)9-13(12)18/h8-11,16,21H,4-7H2,1-3H3. The first-order chi connectivity index (χ1) is 9.70. The average molecular weight is 300 g/mol. The molecule has 21 heavy (non-hydrogen) atoms. The summed E-state index contributed by atoms with van der Waals surface area (Å²) in [5, 5.41) is 10.3. The molecule has 1 fully saturated rings. The van der Waals surface area contributed by atoms with Gasteiger partial charge < -0.3 is 5.11 Å². The molecule has 1 aromatic rings. The zero-order valence-corrected chi connectivity index (χ0v) is 12.8. The van der Waals surface area contributed by atoms with Gasteiger partial charge in [-0.3, -0.25) is 0 Å². The monoisotopic (exact) mass is 300 g/mol. The Hall–Kier alpha value is -1.03. The predicted molar refractivity (Wildman–Crippen MR) is 76.2 cm³/mol. The third-order valence-corrected chi connectivity index (χ3v) is 4.80. The van der Waals surface area contributed by atoms with Crippen LogP contribution in [0, 0.1) is 34.7 Å². The van der Waals surface area contributed by atoms with Gasteiger partial charge in [-0.25, -0.2) is 13.2 Å². The van der Waals surface area contributed by atoms with Gasteiger partial charge in [0, 0.05) is 11.6 Å². The molecule has 1 atom stereocenters. The molecule has 1 aliphatic rings. The lowest BCUT2D eigenvalue weighted by Gasteiger charge is -2.38. The third kappa shape index (κ3) is 3.60. The smallest absolute Gasteiger partial charge is 0.161 e. The predicted octanol–water partition coefficient (Wildman–Crippen LogP) is 4.99. The fourth-order valence-electron chi connectivity index (χ4n) is 3.32. The largest absolute Gasteiger partial charge is 0.388 e. The number of aliphatic hydroxyl groups excluding tert-OH is 1. The number of benzene rings is 1. The zero-order valence-electron chi connectivity index (χ0n) is 12.8. The molecule has 0 radical (unpaired) electrons. The Kier molecular flexibility index (Phi) is 4.66. The van der Waals surface area contributed by atoms with E-state index in [4.69, 9.17) is 0 Å². The Morgan fingerprint density at radius 1 is 0.952 bits per heavy atom. The number of rotatable bonds is 2. The van der Waals surface area contributed by atoms with Crippen molar-refractivity contribution in [3.63, 3.8) is 0 Å². The molecule has 0 saturated heterocycles. The van der Waals surface area contributed by atoms with Crippen molar-refractivity contribution >= 4 is 0 Å². The molecular formula is C17H23F3O. The van der Waals surface area contributed by atoms with Crippen LogP contribution in [0.3, 0.4) is 0 Å². The fraction of sp³-hybridized carbons (Fsp3) is 0.647. The molecule has 0 amide bonds. The summed E-state index contributed by atoms with van der Waals surface area (Å²) in [6.07, 6.45) is 2.43. The second-order valence-electron chi connectivity index (χ2n) is 7.21. The first-order valence-electron chi connectivity index (χ1n) is 7.52. The van der Waals surface area contributed by atoms with Gasteiger partial charge in [0.2, 0.25) is 0 Å². The maximum Gasteiger partial charge on any atom is 0.161 e. The van der Waals surface area contributed by atoms with Crippen LogP contribution in [-0.4, -0.2) is 5.11 Å². The molecule has 0 aliphatic heterocycles. The first kappa shape index (κ1) is 16.3. The summed E-state index contributed by atoms with van der Waals surface area (Å²) >= 11 is 0. The minimum atomic E-state index is -1.22. The maximum absolute atomic E-state index is 13.7. The second kappa shape index (κ2) is 5.99. The van der Waals surface area contributed by atoms with Crippen LogP contribution >= 0.6 is 0 Å². The van der Waals surface area contributed by atoms with Gasteiger partial charge in [0.25, 0.3) is 0 Å². The number of aliphatic hydroxyl groups is 1. The van der Waals surface area contributed by atoms with Gasteiger partial charge in [-0.15, -0.1) is 0 Å². The van der Waals surface area contributed by atoms with Gasteiger partial charge in [-0.1, -0.05) is 20.8 Å². The van der Waals surface area contributed by atoms with Crippen molar-refractivity contribution in [3.8, 4) is 0 Å². The van der Waals surface area contributed by atoms with Gasteiger partial charge >= 0.3 is 0 Å². The topological polar surface area (TPSA) is 20.2 Å². The molecule has 1 nitrogen and oxygen atoms in total. The van der Waals surface area contributed by atoms with E-state index in [0.29, 0.717) is 12.0 Å². The third-order valence-electron chi connectivity index (χ3n) is 4.80. The van der Waals surface area contributed by atoms with Crippen LogP contribution in [0.4, 0.5) is 13.2 Å². The van der Waals surface area contributed by atoms with E-state index in [2.05, 4.69) is 20.8 Å². The van der Waals surface area contributed by atoms with E-state index in [9.17, 15) is 18.3 Å². The van der Waals surface area contributed by atoms with E-state index in [1.165, 1.54) is 0 Å². The summed E-state index contributed by atoms with van der Waals surface area (Å²) in [6, 6.07) is 1.29. The van der Waals surface area contributed by atoms with Gasteiger partial charge in [0.15, 0.2) is 11.6 Å². The van der Waals surface area contributed by atoms with Gasteiger partial charge in [0.1, 0.15) is 5.82 Å². The van der Waals surface area contributed by atoms with Crippen molar-refractivity contribution in [2.24, 2.45) is 17.3 Å². The van der Waals surface area contributed by atoms with E-state index in [1.807, 2.05) is 0 Å². The van der Waals surface area contributed by atoms with Crippen LogP contribution in [0.2, 0.25) is 0 Å². The van der Waals surface area contributed by atoms with Crippen molar-refractivity contribution in [2.45, 2.75) is 52.6 Å². The van der Waals surface area contributed by atoms with E-state index in [0.717, 1.165) is 31.7 Å². The van der Waals surface area contributed by atoms with Crippen molar-refractivity contribution < 1.29 is 18.3 Å². The van der Waals surface area contributed by atoms with Crippen LogP contribution in [0.15, 0.2) is 12.1 Å². The minimum Gasteiger partial charge on any atom is -0.388 e. The Bertz CT molecular complexity index is 499. The van der Waals surface area contributed by atoms with E-state index in [1.54, 1.807) is 0 Å². The van der Waals surface area contributed by atoms with Crippen molar-refractivity contribution in [3.05, 3.63) is 35.1 Å². The summed E-state index contributed by atoms with van der Waals surface area (Å²) < 4.78 is 39.9. The Labute approximate surface area is 124 Å². The molecule has 1 unspecified atom stereocenters. The Morgan fingerprint density at radius 2 is 1.48 bits per heavy atom. The fourth-order valence-corrected chi connectivity index (χ4v) is 3.32. The first-order valence-corrected chi connectivity index (χ1v) is 7.52. The van der Waals surface area contributed by atoms with Crippen LogP contribution in [0.5, 0.6) is 0 Å². The van der Waals surface area contributed by atoms with Gasteiger partial charge in [-0.05, 0) is 49.0 Å². The minimum absolute atomic E-state index is 0.0945. The molecule has 1 aromatic carbocycles. The highest BCUT2D eigenvalue weighted by Crippen LogP contribution is 2.43. The lowest BCUT2D eigenvalue weighted by Crippen LogP contribution is -2.28. The van der Waals surface area contributed by atoms with Crippen LogP contribution in [0.25, 0.3) is 0 Å². The summed E-state index contributed by atoms with van der Waals surface area (Å²) in [6.45, 7) is 6.59. The molecule has 118 valence electrons. The summed E-state index contributed by atoms with van der Waals surface area (Å²) in [4.78, 5) is 0. The van der Waals surface area contributed by atoms with Crippen molar-refractivity contribution in [1.29, 1.82) is 0 Å². The summed E-state index contributed by atoms with van der Waals surface area (Å²) in [7, 11) is 0. The zero-order chi connectivity index (χ0) is 15.8. The quantitative estimate of drug-likeness (QED) is 0.763. The highest BCUT2D eigenvalue weighted by atomic mass is 19.2. The van der Waals surface area contributed by atoms with Gasteiger partial charge in [-0.2, -0.15) is 0 Å². The highest BCUT2D eigenvalue weighted by molar-refractivity contribution is 5.23.